The second kappa shape index (κ2) is 6.04. The Hall–Kier alpha value is -2.95. The number of alkyl halides is 1. The number of H-pyrrole nitrogens is 1. The number of rotatable bonds is 3. The van der Waals surface area contributed by atoms with Crippen LogP contribution in [0.1, 0.15) is 12.8 Å². The molecule has 1 amide bonds. The Morgan fingerprint density at radius 2 is 2.35 bits per heavy atom. The van der Waals surface area contributed by atoms with Gasteiger partial charge >= 0.3 is 0 Å². The van der Waals surface area contributed by atoms with Crippen LogP contribution in [0.15, 0.2) is 30.6 Å². The number of hydrogen-bond acceptors (Lipinski definition) is 5. The van der Waals surface area contributed by atoms with Crippen molar-refractivity contribution < 1.29 is 9.18 Å². The lowest BCUT2D eigenvalue weighted by Crippen LogP contribution is -2.51. The van der Waals surface area contributed by atoms with Gasteiger partial charge in [-0.25, -0.2) is 9.37 Å². The Kier molecular flexibility index (Phi) is 3.93. The van der Waals surface area contributed by atoms with Gasteiger partial charge in [-0.3, -0.25) is 9.89 Å². The molecule has 1 fully saturated rings. The van der Waals surface area contributed by atoms with Gasteiger partial charge in [-0.15, -0.1) is 0 Å². The van der Waals surface area contributed by atoms with E-state index in [0.717, 1.165) is 11.3 Å². The molecule has 3 heterocycles. The Morgan fingerprint density at radius 1 is 1.48 bits per heavy atom. The molecule has 2 N–H and O–H groups in total. The van der Waals surface area contributed by atoms with Crippen molar-refractivity contribution in [3.63, 3.8) is 0 Å². The van der Waals surface area contributed by atoms with Gasteiger partial charge in [0.2, 0.25) is 5.67 Å². The molecule has 0 bridgehead atoms. The quantitative estimate of drug-likeness (QED) is 0.840. The highest BCUT2D eigenvalue weighted by Gasteiger charge is 2.42. The topological polar surface area (TPSA) is 97.7 Å². The molecule has 7 nitrogen and oxygen atoms in total. The van der Waals surface area contributed by atoms with Gasteiger partial charge in [0.25, 0.3) is 5.91 Å². The van der Waals surface area contributed by atoms with Crippen molar-refractivity contribution in [2.45, 2.75) is 18.5 Å². The number of piperidine rings is 1. The molecule has 23 heavy (non-hydrogen) atoms. The number of aromatic amines is 1. The number of nitriles is 1. The molecule has 1 aliphatic heterocycles. The molecular formula is C15H15FN6O. The fraction of sp³-hybridized carbons (Fsp3) is 0.333. The molecule has 118 valence electrons. The van der Waals surface area contributed by atoms with Crippen LogP contribution in [-0.2, 0) is 4.79 Å². The number of amides is 1. The average Bonchev–Trinajstić information content (AvgIpc) is 3.10. The average molecular weight is 314 g/mol. The summed E-state index contributed by atoms with van der Waals surface area (Å²) in [5, 5.41) is 18.0. The number of pyridine rings is 1. The molecule has 0 saturated carbocycles. The van der Waals surface area contributed by atoms with Gasteiger partial charge < -0.3 is 10.2 Å². The molecule has 8 heteroatoms. The van der Waals surface area contributed by atoms with Crippen molar-refractivity contribution in [3.05, 3.63) is 30.6 Å². The number of carbonyl (C=O) groups is 1. The number of nitrogens with zero attached hydrogens (tertiary/aromatic N) is 4. The lowest BCUT2D eigenvalue weighted by molar-refractivity contribution is -0.130. The maximum Gasteiger partial charge on any atom is 0.265 e. The molecular weight excluding hydrogens is 299 g/mol. The van der Waals surface area contributed by atoms with Crippen LogP contribution < -0.4 is 5.32 Å². The molecule has 2 aromatic heterocycles. The number of hydrogen-bond donors (Lipinski definition) is 2. The minimum atomic E-state index is -2.07. The third-order valence-electron chi connectivity index (χ3n) is 3.81. The number of halogens is 1. The molecule has 1 aliphatic rings. The van der Waals surface area contributed by atoms with E-state index in [1.54, 1.807) is 30.6 Å². The zero-order valence-electron chi connectivity index (χ0n) is 12.3. The monoisotopic (exact) mass is 314 g/mol. The predicted octanol–water partition coefficient (Wildman–Crippen LogP) is 1.70. The Morgan fingerprint density at radius 3 is 3.00 bits per heavy atom. The number of anilines is 1. The second-order valence-electron chi connectivity index (χ2n) is 5.45. The maximum absolute atomic E-state index is 14.7. The first-order chi connectivity index (χ1) is 11.1. The van der Waals surface area contributed by atoms with Crippen molar-refractivity contribution in [2.75, 3.05) is 18.4 Å². The van der Waals surface area contributed by atoms with Crippen molar-refractivity contribution in [3.8, 4) is 17.5 Å². The molecule has 2 aromatic rings. The Bertz CT molecular complexity index is 723. The lowest BCUT2D eigenvalue weighted by Gasteiger charge is -2.32. The molecule has 1 unspecified atom stereocenters. The molecule has 1 atom stereocenters. The highest BCUT2D eigenvalue weighted by Crippen LogP contribution is 2.26. The van der Waals surface area contributed by atoms with E-state index >= 15 is 0 Å². The predicted molar refractivity (Wildman–Crippen MR) is 80.7 cm³/mol. The largest absolute Gasteiger partial charge is 0.308 e. The summed E-state index contributed by atoms with van der Waals surface area (Å²) in [5.41, 5.74) is -0.462. The number of aromatic nitrogens is 3. The Labute approximate surface area is 132 Å². The van der Waals surface area contributed by atoms with E-state index in [4.69, 9.17) is 5.26 Å². The summed E-state index contributed by atoms with van der Waals surface area (Å²) in [5.74, 6) is -0.497. The normalized spacial score (nSPS) is 20.8. The molecule has 1 saturated heterocycles. The minimum Gasteiger partial charge on any atom is -0.308 e. The van der Waals surface area contributed by atoms with E-state index in [1.165, 1.54) is 4.90 Å². The summed E-state index contributed by atoms with van der Waals surface area (Å²) in [7, 11) is 0. The van der Waals surface area contributed by atoms with E-state index in [-0.39, 0.29) is 18.8 Å². The van der Waals surface area contributed by atoms with Gasteiger partial charge in [-0.1, -0.05) is 0 Å². The van der Waals surface area contributed by atoms with Crippen LogP contribution in [0.25, 0.3) is 11.3 Å². The standard InChI is InChI=1S/C15H15FN6O/c16-15(5-1-7-22(9-15)10-17)14(23)20-13-3-2-11(8-18-13)12-4-6-19-21-12/h2-4,6,8H,1,5,7,9H2,(H,19,21)(H,18,20,23). The summed E-state index contributed by atoms with van der Waals surface area (Å²) in [6, 6.07) is 5.15. The van der Waals surface area contributed by atoms with E-state index in [9.17, 15) is 9.18 Å². The fourth-order valence-electron chi connectivity index (χ4n) is 2.55. The van der Waals surface area contributed by atoms with Crippen LogP contribution in [0.4, 0.5) is 10.2 Å². The van der Waals surface area contributed by atoms with Crippen molar-refractivity contribution in [2.24, 2.45) is 0 Å². The highest BCUT2D eigenvalue weighted by molar-refractivity contribution is 5.97. The second-order valence-corrected chi connectivity index (χ2v) is 5.45. The summed E-state index contributed by atoms with van der Waals surface area (Å²) in [4.78, 5) is 17.6. The van der Waals surface area contributed by atoms with Gasteiger partial charge in [0.05, 0.1) is 12.2 Å². The van der Waals surface area contributed by atoms with Crippen LogP contribution >= 0.6 is 0 Å². The fourth-order valence-corrected chi connectivity index (χ4v) is 2.55. The minimum absolute atomic E-state index is 0.100. The zero-order valence-corrected chi connectivity index (χ0v) is 12.3. The smallest absolute Gasteiger partial charge is 0.265 e. The highest BCUT2D eigenvalue weighted by atomic mass is 19.1. The van der Waals surface area contributed by atoms with Crippen molar-refractivity contribution in [1.82, 2.24) is 20.1 Å². The molecule has 0 aromatic carbocycles. The first-order valence-electron chi connectivity index (χ1n) is 7.21. The number of carbonyl (C=O) groups excluding carboxylic acids is 1. The van der Waals surface area contributed by atoms with Crippen LogP contribution in [0, 0.1) is 11.5 Å². The van der Waals surface area contributed by atoms with Gasteiger partial charge in [0.15, 0.2) is 6.19 Å². The third-order valence-corrected chi connectivity index (χ3v) is 3.81. The first kappa shape index (κ1) is 15.0. The zero-order chi connectivity index (χ0) is 16.3. The SMILES string of the molecule is N#CN1CCCC(F)(C(=O)Nc2ccc(-c3ccn[nH]3)cn2)C1. The summed E-state index contributed by atoms with van der Waals surface area (Å²) < 4.78 is 14.7. The molecule has 0 aliphatic carbocycles. The molecule has 3 rings (SSSR count). The first-order valence-corrected chi connectivity index (χ1v) is 7.21. The number of likely N-dealkylation sites (tertiary alicyclic amines) is 1. The van der Waals surface area contributed by atoms with E-state index < -0.39 is 11.6 Å². The van der Waals surface area contributed by atoms with E-state index in [1.807, 2.05) is 6.19 Å². The molecule has 0 spiro atoms. The van der Waals surface area contributed by atoms with Crippen LogP contribution in [0.5, 0.6) is 0 Å². The van der Waals surface area contributed by atoms with Gasteiger partial charge in [0, 0.05) is 24.5 Å². The van der Waals surface area contributed by atoms with Crippen LogP contribution in [0.3, 0.4) is 0 Å². The van der Waals surface area contributed by atoms with Crippen LogP contribution in [0.2, 0.25) is 0 Å². The Balaban J connectivity index is 1.69. The number of nitrogens with one attached hydrogen (secondary N) is 2. The van der Waals surface area contributed by atoms with Crippen LogP contribution in [-0.4, -0.2) is 44.7 Å². The summed E-state index contributed by atoms with van der Waals surface area (Å²) >= 11 is 0. The van der Waals surface area contributed by atoms with E-state index in [0.29, 0.717) is 13.0 Å². The van der Waals surface area contributed by atoms with Crippen molar-refractivity contribution in [1.29, 1.82) is 5.26 Å². The van der Waals surface area contributed by atoms with Gasteiger partial charge in [-0.2, -0.15) is 10.4 Å². The van der Waals surface area contributed by atoms with Gasteiger partial charge in [0.1, 0.15) is 5.82 Å². The van der Waals surface area contributed by atoms with E-state index in [2.05, 4.69) is 20.5 Å². The summed E-state index contributed by atoms with van der Waals surface area (Å²) in [6.45, 7) is 0.258. The maximum atomic E-state index is 14.7. The van der Waals surface area contributed by atoms with Gasteiger partial charge in [-0.05, 0) is 31.0 Å². The van der Waals surface area contributed by atoms with Crippen molar-refractivity contribution >= 4 is 11.7 Å². The third kappa shape index (κ3) is 3.13. The summed E-state index contributed by atoms with van der Waals surface area (Å²) in [6.07, 6.45) is 5.64. The lowest BCUT2D eigenvalue weighted by atomic mass is 9.94. The molecule has 0 radical (unpaired) electrons.